The van der Waals surface area contributed by atoms with E-state index >= 15 is 0 Å². The number of nitrogen functional groups attached to an aromatic ring is 1. The Morgan fingerprint density at radius 3 is 2.56 bits per heavy atom. The van der Waals surface area contributed by atoms with Gasteiger partial charge in [0.1, 0.15) is 11.6 Å². The lowest BCUT2D eigenvalue weighted by molar-refractivity contribution is -0.137. The predicted molar refractivity (Wildman–Crippen MR) is 59.7 cm³/mol. The van der Waals surface area contributed by atoms with Gasteiger partial charge in [-0.15, -0.1) is 0 Å². The Morgan fingerprint density at radius 2 is 2.06 bits per heavy atom. The third kappa shape index (κ3) is 3.63. The van der Waals surface area contributed by atoms with Gasteiger partial charge in [0, 0.05) is 13.0 Å². The van der Waals surface area contributed by atoms with Gasteiger partial charge in [0.15, 0.2) is 0 Å². The van der Waals surface area contributed by atoms with E-state index in [9.17, 15) is 13.2 Å². The Bertz CT molecular complexity index is 433. The fourth-order valence-corrected chi connectivity index (χ4v) is 1.29. The lowest BCUT2D eigenvalue weighted by Crippen LogP contribution is -2.16. The molecule has 0 unspecified atom stereocenters. The maximum atomic E-state index is 12.5. The molecule has 0 radical (unpaired) electrons. The number of aliphatic hydroxyl groups excluding tert-OH is 1. The zero-order valence-corrected chi connectivity index (χ0v) is 9.42. The predicted octanol–water partition coefficient (Wildman–Crippen LogP) is 1.75. The van der Waals surface area contributed by atoms with Gasteiger partial charge in [-0.05, 0) is 18.2 Å². The molecule has 4 N–H and O–H groups in total. The van der Waals surface area contributed by atoms with Gasteiger partial charge in [-0.3, -0.25) is 5.41 Å². The SMILES string of the molecule is N=C(N)c1cc(C(F)(F)F)ccc1OCCCO. The number of hydrogen-bond donors (Lipinski definition) is 3. The molecule has 18 heavy (non-hydrogen) atoms. The van der Waals surface area contributed by atoms with Crippen LogP contribution in [0.25, 0.3) is 0 Å². The van der Waals surface area contributed by atoms with Crippen molar-refractivity contribution in [3.8, 4) is 5.75 Å². The molecule has 0 aliphatic carbocycles. The Hall–Kier alpha value is -1.76. The highest BCUT2D eigenvalue weighted by Gasteiger charge is 2.31. The monoisotopic (exact) mass is 262 g/mol. The summed E-state index contributed by atoms with van der Waals surface area (Å²) in [4.78, 5) is 0. The van der Waals surface area contributed by atoms with E-state index in [1.165, 1.54) is 0 Å². The van der Waals surface area contributed by atoms with E-state index in [-0.39, 0.29) is 24.5 Å². The van der Waals surface area contributed by atoms with Gasteiger partial charge in [0.2, 0.25) is 0 Å². The van der Waals surface area contributed by atoms with Gasteiger partial charge >= 0.3 is 6.18 Å². The summed E-state index contributed by atoms with van der Waals surface area (Å²) in [5.41, 5.74) is 4.22. The van der Waals surface area contributed by atoms with Gasteiger partial charge in [0.05, 0.1) is 17.7 Å². The summed E-state index contributed by atoms with van der Waals surface area (Å²) >= 11 is 0. The number of amidine groups is 1. The highest BCUT2D eigenvalue weighted by atomic mass is 19.4. The molecule has 0 saturated heterocycles. The molecular weight excluding hydrogens is 249 g/mol. The maximum absolute atomic E-state index is 12.5. The van der Waals surface area contributed by atoms with Crippen LogP contribution < -0.4 is 10.5 Å². The molecule has 0 aromatic heterocycles. The van der Waals surface area contributed by atoms with E-state index in [1.807, 2.05) is 0 Å². The minimum atomic E-state index is -4.49. The topological polar surface area (TPSA) is 79.3 Å². The highest BCUT2D eigenvalue weighted by molar-refractivity contribution is 5.97. The minimum Gasteiger partial charge on any atom is -0.493 e. The van der Waals surface area contributed by atoms with Crippen LogP contribution in [0.15, 0.2) is 18.2 Å². The fraction of sp³-hybridized carbons (Fsp3) is 0.364. The summed E-state index contributed by atoms with van der Waals surface area (Å²) in [6, 6.07) is 2.76. The quantitative estimate of drug-likeness (QED) is 0.429. The van der Waals surface area contributed by atoms with Gasteiger partial charge in [-0.2, -0.15) is 13.2 Å². The maximum Gasteiger partial charge on any atom is 0.416 e. The van der Waals surface area contributed by atoms with Crippen LogP contribution in [-0.2, 0) is 6.18 Å². The van der Waals surface area contributed by atoms with Gasteiger partial charge in [-0.25, -0.2) is 0 Å². The second-order valence-corrected chi connectivity index (χ2v) is 3.55. The average molecular weight is 262 g/mol. The highest BCUT2D eigenvalue weighted by Crippen LogP contribution is 2.32. The summed E-state index contributed by atoms with van der Waals surface area (Å²) in [7, 11) is 0. The van der Waals surface area contributed by atoms with Crippen LogP contribution in [0, 0.1) is 5.41 Å². The Kier molecular flexibility index (Phi) is 4.55. The lowest BCUT2D eigenvalue weighted by atomic mass is 10.1. The van der Waals surface area contributed by atoms with Crippen molar-refractivity contribution in [1.82, 2.24) is 0 Å². The van der Waals surface area contributed by atoms with Gasteiger partial charge in [-0.1, -0.05) is 0 Å². The number of ether oxygens (including phenoxy) is 1. The lowest BCUT2D eigenvalue weighted by Gasteiger charge is -2.13. The van der Waals surface area contributed by atoms with Crippen LogP contribution in [0.2, 0.25) is 0 Å². The van der Waals surface area contributed by atoms with Gasteiger partial charge in [0.25, 0.3) is 0 Å². The minimum absolute atomic E-state index is 0.0873. The number of benzene rings is 1. The summed E-state index contributed by atoms with van der Waals surface area (Å²) in [5.74, 6) is -0.399. The zero-order chi connectivity index (χ0) is 13.8. The van der Waals surface area contributed by atoms with Gasteiger partial charge < -0.3 is 15.6 Å². The number of rotatable bonds is 5. The standard InChI is InChI=1S/C11H13F3N2O2/c12-11(13,14)7-2-3-9(18-5-1-4-17)8(6-7)10(15)16/h2-3,6,17H,1,4-5H2,(H3,15,16). The molecule has 0 fully saturated rings. The Morgan fingerprint density at radius 1 is 1.39 bits per heavy atom. The van der Waals surface area contributed by atoms with Crippen LogP contribution in [0.3, 0.4) is 0 Å². The molecule has 0 atom stereocenters. The van der Waals surface area contributed by atoms with E-state index in [0.717, 1.165) is 18.2 Å². The summed E-state index contributed by atoms with van der Waals surface area (Å²) < 4.78 is 42.6. The first kappa shape index (κ1) is 14.3. The molecular formula is C11H13F3N2O2. The van der Waals surface area contributed by atoms with E-state index in [2.05, 4.69) is 0 Å². The third-order valence-corrected chi connectivity index (χ3v) is 2.16. The molecule has 100 valence electrons. The first-order chi connectivity index (χ1) is 8.36. The van der Waals surface area contributed by atoms with Crippen molar-refractivity contribution in [3.63, 3.8) is 0 Å². The van der Waals surface area contributed by atoms with Crippen molar-refractivity contribution in [3.05, 3.63) is 29.3 Å². The van der Waals surface area contributed by atoms with E-state index in [0.29, 0.717) is 6.42 Å². The molecule has 0 saturated carbocycles. The molecule has 0 aliphatic heterocycles. The van der Waals surface area contributed by atoms with E-state index < -0.39 is 17.6 Å². The van der Waals surface area contributed by atoms with Crippen molar-refractivity contribution in [2.24, 2.45) is 5.73 Å². The summed E-state index contributed by atoms with van der Waals surface area (Å²) in [6.45, 7) is 0.0538. The summed E-state index contributed by atoms with van der Waals surface area (Å²) in [5, 5.41) is 15.8. The number of nitrogens with one attached hydrogen (secondary N) is 1. The zero-order valence-electron chi connectivity index (χ0n) is 9.42. The second-order valence-electron chi connectivity index (χ2n) is 3.55. The second kappa shape index (κ2) is 5.72. The van der Waals surface area contributed by atoms with Crippen LogP contribution in [0.5, 0.6) is 5.75 Å². The van der Waals surface area contributed by atoms with Crippen molar-refractivity contribution in [1.29, 1.82) is 5.41 Å². The van der Waals surface area contributed by atoms with E-state index in [4.69, 9.17) is 21.0 Å². The molecule has 0 aliphatic rings. The van der Waals surface area contributed by atoms with Crippen LogP contribution in [-0.4, -0.2) is 24.2 Å². The number of halogens is 3. The third-order valence-electron chi connectivity index (χ3n) is 2.16. The molecule has 0 heterocycles. The molecule has 7 heteroatoms. The average Bonchev–Trinajstić information content (AvgIpc) is 2.28. The van der Waals surface area contributed by atoms with Crippen molar-refractivity contribution < 1.29 is 23.0 Å². The number of alkyl halides is 3. The van der Waals surface area contributed by atoms with Crippen molar-refractivity contribution >= 4 is 5.84 Å². The van der Waals surface area contributed by atoms with Crippen LogP contribution in [0.4, 0.5) is 13.2 Å². The van der Waals surface area contributed by atoms with Crippen LogP contribution >= 0.6 is 0 Å². The number of nitrogens with two attached hydrogens (primary N) is 1. The van der Waals surface area contributed by atoms with Crippen LogP contribution in [0.1, 0.15) is 17.5 Å². The van der Waals surface area contributed by atoms with Crippen molar-refractivity contribution in [2.75, 3.05) is 13.2 Å². The molecule has 0 spiro atoms. The van der Waals surface area contributed by atoms with E-state index in [1.54, 1.807) is 0 Å². The normalized spacial score (nSPS) is 11.3. The first-order valence-electron chi connectivity index (χ1n) is 5.15. The Labute approximate surface area is 102 Å². The molecule has 1 aromatic rings. The molecule has 4 nitrogen and oxygen atoms in total. The number of aliphatic hydroxyl groups is 1. The van der Waals surface area contributed by atoms with Crippen molar-refractivity contribution in [2.45, 2.75) is 12.6 Å². The smallest absolute Gasteiger partial charge is 0.416 e. The molecule has 1 rings (SSSR count). The summed E-state index contributed by atoms with van der Waals surface area (Å²) in [6.07, 6.45) is -4.15. The number of hydrogen-bond acceptors (Lipinski definition) is 3. The Balaban J connectivity index is 3.01. The molecule has 0 amide bonds. The largest absolute Gasteiger partial charge is 0.493 e. The molecule has 0 bridgehead atoms. The fourth-order valence-electron chi connectivity index (χ4n) is 1.29. The molecule has 1 aromatic carbocycles. The first-order valence-corrected chi connectivity index (χ1v) is 5.15.